The van der Waals surface area contributed by atoms with Gasteiger partial charge in [0.2, 0.25) is 0 Å². The summed E-state index contributed by atoms with van der Waals surface area (Å²) < 4.78 is 27.2. The fraction of sp³-hybridized carbons (Fsp3) is 0.500. The van der Waals surface area contributed by atoms with Crippen molar-refractivity contribution >= 4 is 23.6 Å². The minimum absolute atomic E-state index is 0.187. The molecule has 0 radical (unpaired) electrons. The lowest BCUT2D eigenvalue weighted by molar-refractivity contribution is -0.0757. The standard InChI is InChI=1S/C32H39ClFN5O4/c1-19-8-13-24(29(40)37(16-21-9-10-21)17-22-11-12-23(34)15-25(22)33)27(14-19)38-18-26(35-36-38)28-20(2)42-32(6,7)39(28)30(41)43-31(3,4)5/h8,11-15,18,20-21,28H,9-10,16-17H2,1-7H3/t20-,28+/m1/s1. The third kappa shape index (κ3) is 6.86. The summed E-state index contributed by atoms with van der Waals surface area (Å²) >= 11 is 6.34. The monoisotopic (exact) mass is 611 g/mol. The van der Waals surface area contributed by atoms with Gasteiger partial charge in [0.25, 0.3) is 5.91 Å². The van der Waals surface area contributed by atoms with E-state index in [2.05, 4.69) is 10.3 Å². The summed E-state index contributed by atoms with van der Waals surface area (Å²) in [6.45, 7) is 13.7. The molecule has 9 nitrogen and oxygen atoms in total. The number of nitrogens with zero attached hydrogens (tertiary/aromatic N) is 5. The molecule has 2 fully saturated rings. The van der Waals surface area contributed by atoms with E-state index in [9.17, 15) is 14.0 Å². The first-order chi connectivity index (χ1) is 20.1. The van der Waals surface area contributed by atoms with E-state index >= 15 is 0 Å². The molecular formula is C32H39ClFN5O4. The Labute approximate surface area is 256 Å². The zero-order chi connectivity index (χ0) is 31.3. The molecule has 11 heteroatoms. The van der Waals surface area contributed by atoms with Crippen LogP contribution in [0.25, 0.3) is 5.69 Å². The number of benzene rings is 2. The van der Waals surface area contributed by atoms with Crippen LogP contribution in [-0.2, 0) is 16.0 Å². The molecule has 1 aliphatic carbocycles. The number of hydrogen-bond acceptors (Lipinski definition) is 6. The molecule has 0 N–H and O–H groups in total. The minimum Gasteiger partial charge on any atom is -0.444 e. The summed E-state index contributed by atoms with van der Waals surface area (Å²) in [5, 5.41) is 9.13. The summed E-state index contributed by atoms with van der Waals surface area (Å²) in [5.41, 5.74) is 1.50. The lowest BCUT2D eigenvalue weighted by Gasteiger charge is -2.34. The van der Waals surface area contributed by atoms with Crippen LogP contribution in [-0.4, -0.2) is 60.8 Å². The van der Waals surface area contributed by atoms with Gasteiger partial charge in [-0.15, -0.1) is 5.10 Å². The molecule has 0 spiro atoms. The molecule has 2 aliphatic rings. The van der Waals surface area contributed by atoms with Gasteiger partial charge >= 0.3 is 6.09 Å². The Bertz CT molecular complexity index is 1530. The summed E-state index contributed by atoms with van der Waals surface area (Å²) in [6.07, 6.45) is 2.95. The van der Waals surface area contributed by atoms with Crippen LogP contribution in [0.15, 0.2) is 42.6 Å². The topological polar surface area (TPSA) is 89.8 Å². The smallest absolute Gasteiger partial charge is 0.413 e. The summed E-state index contributed by atoms with van der Waals surface area (Å²) in [4.78, 5) is 30.8. The van der Waals surface area contributed by atoms with Crippen LogP contribution < -0.4 is 0 Å². The number of carbonyl (C=O) groups excluding carboxylic acids is 2. The summed E-state index contributed by atoms with van der Waals surface area (Å²) in [6, 6.07) is 9.23. The first-order valence-electron chi connectivity index (χ1n) is 14.6. The average Bonchev–Trinajstić information content (AvgIpc) is 3.51. The van der Waals surface area contributed by atoms with Crippen LogP contribution in [0.1, 0.15) is 87.6 Å². The highest BCUT2D eigenvalue weighted by atomic mass is 35.5. The molecule has 5 rings (SSSR count). The maximum Gasteiger partial charge on any atom is 0.413 e. The van der Waals surface area contributed by atoms with Gasteiger partial charge in [-0.3, -0.25) is 9.69 Å². The van der Waals surface area contributed by atoms with Crippen molar-refractivity contribution in [3.05, 3.63) is 75.8 Å². The number of rotatable bonds is 7. The molecule has 43 heavy (non-hydrogen) atoms. The predicted molar refractivity (Wildman–Crippen MR) is 160 cm³/mol. The van der Waals surface area contributed by atoms with E-state index in [1.54, 1.807) is 32.8 Å². The highest BCUT2D eigenvalue weighted by Gasteiger charge is 2.51. The second-order valence-corrected chi connectivity index (χ2v) is 13.4. The molecular weight excluding hydrogens is 573 g/mol. The van der Waals surface area contributed by atoms with Crippen molar-refractivity contribution in [1.29, 1.82) is 0 Å². The Morgan fingerprint density at radius 2 is 1.91 bits per heavy atom. The normalized spacial score (nSPS) is 19.9. The van der Waals surface area contributed by atoms with Gasteiger partial charge < -0.3 is 14.4 Å². The zero-order valence-electron chi connectivity index (χ0n) is 25.7. The molecule has 1 aliphatic heterocycles. The van der Waals surface area contributed by atoms with Gasteiger partial charge in [0.1, 0.15) is 28.9 Å². The highest BCUT2D eigenvalue weighted by Crippen LogP contribution is 2.42. The molecule has 3 aromatic rings. The molecule has 1 saturated heterocycles. The third-order valence-corrected chi connectivity index (χ3v) is 8.00. The first-order valence-corrected chi connectivity index (χ1v) is 15.0. The number of hydrogen-bond donors (Lipinski definition) is 0. The Morgan fingerprint density at radius 1 is 1.19 bits per heavy atom. The van der Waals surface area contributed by atoms with Gasteiger partial charge in [0.15, 0.2) is 0 Å². The number of ether oxygens (including phenoxy) is 2. The maximum absolute atomic E-state index is 14.1. The maximum atomic E-state index is 14.1. The van der Waals surface area contributed by atoms with Crippen molar-refractivity contribution in [3.8, 4) is 5.69 Å². The van der Waals surface area contributed by atoms with Crippen molar-refractivity contribution in [3.63, 3.8) is 0 Å². The third-order valence-electron chi connectivity index (χ3n) is 7.65. The minimum atomic E-state index is -0.939. The van der Waals surface area contributed by atoms with Gasteiger partial charge in [-0.1, -0.05) is 28.9 Å². The van der Waals surface area contributed by atoms with E-state index in [4.69, 9.17) is 21.1 Å². The molecule has 2 aromatic carbocycles. The quantitative estimate of drug-likeness (QED) is 0.290. The Kier molecular flexibility index (Phi) is 8.30. The van der Waals surface area contributed by atoms with Crippen molar-refractivity contribution in [2.45, 2.75) is 91.3 Å². The molecule has 0 bridgehead atoms. The van der Waals surface area contributed by atoms with Gasteiger partial charge in [0, 0.05) is 18.1 Å². The molecule has 2 amide bonds. The molecule has 1 saturated carbocycles. The Hall–Kier alpha value is -3.50. The van der Waals surface area contributed by atoms with Crippen LogP contribution in [0, 0.1) is 18.7 Å². The number of aromatic nitrogens is 3. The Morgan fingerprint density at radius 3 is 2.56 bits per heavy atom. The highest BCUT2D eigenvalue weighted by molar-refractivity contribution is 6.31. The van der Waals surface area contributed by atoms with Gasteiger partial charge in [-0.25, -0.2) is 13.9 Å². The number of amides is 2. The lowest BCUT2D eigenvalue weighted by atomic mass is 10.1. The lowest BCUT2D eigenvalue weighted by Crippen LogP contribution is -2.47. The van der Waals surface area contributed by atoms with E-state index in [1.165, 1.54) is 12.1 Å². The Balaban J connectivity index is 1.48. The fourth-order valence-corrected chi connectivity index (χ4v) is 5.76. The second-order valence-electron chi connectivity index (χ2n) is 13.0. The number of halogens is 2. The van der Waals surface area contributed by atoms with E-state index < -0.39 is 29.3 Å². The van der Waals surface area contributed by atoms with Crippen LogP contribution in [0.3, 0.4) is 0 Å². The molecule has 230 valence electrons. The molecule has 2 atom stereocenters. The van der Waals surface area contributed by atoms with Gasteiger partial charge in [-0.2, -0.15) is 0 Å². The molecule has 2 heterocycles. The fourth-order valence-electron chi connectivity index (χ4n) is 5.54. The second kappa shape index (κ2) is 11.5. The van der Waals surface area contributed by atoms with E-state index in [0.29, 0.717) is 35.0 Å². The van der Waals surface area contributed by atoms with E-state index in [1.807, 2.05) is 60.6 Å². The molecule has 1 aromatic heterocycles. The van der Waals surface area contributed by atoms with Crippen molar-refractivity contribution in [2.75, 3.05) is 6.54 Å². The van der Waals surface area contributed by atoms with Crippen molar-refractivity contribution in [2.24, 2.45) is 5.92 Å². The van der Waals surface area contributed by atoms with Gasteiger partial charge in [-0.05, 0) is 103 Å². The van der Waals surface area contributed by atoms with Crippen LogP contribution in [0.4, 0.5) is 9.18 Å². The largest absolute Gasteiger partial charge is 0.444 e. The van der Waals surface area contributed by atoms with E-state index in [-0.39, 0.29) is 23.6 Å². The first kappa shape index (κ1) is 30.9. The zero-order valence-corrected chi connectivity index (χ0v) is 26.5. The molecule has 0 unspecified atom stereocenters. The van der Waals surface area contributed by atoms with Gasteiger partial charge in [0.05, 0.1) is 23.6 Å². The summed E-state index contributed by atoms with van der Waals surface area (Å²) in [7, 11) is 0. The predicted octanol–water partition coefficient (Wildman–Crippen LogP) is 6.85. The summed E-state index contributed by atoms with van der Waals surface area (Å²) in [5.74, 6) is -0.193. The van der Waals surface area contributed by atoms with Crippen LogP contribution >= 0.6 is 11.6 Å². The number of carbonyl (C=O) groups is 2. The van der Waals surface area contributed by atoms with Crippen molar-refractivity contribution in [1.82, 2.24) is 24.8 Å². The average molecular weight is 612 g/mol. The van der Waals surface area contributed by atoms with Crippen LogP contribution in [0.2, 0.25) is 5.02 Å². The van der Waals surface area contributed by atoms with Crippen LogP contribution in [0.5, 0.6) is 0 Å². The number of aryl methyl sites for hydroxylation is 1. The van der Waals surface area contributed by atoms with Crippen molar-refractivity contribution < 1.29 is 23.5 Å². The van der Waals surface area contributed by atoms with E-state index in [0.717, 1.165) is 18.4 Å². The SMILES string of the molecule is Cc1ccc(C(=O)N(Cc2ccc(F)cc2Cl)CC2CC2)c(-n2cc([C@@H]3[C@@H](C)OC(C)(C)N3C(=O)OC(C)(C)C)nn2)c1.